The van der Waals surface area contributed by atoms with Gasteiger partial charge in [0.25, 0.3) is 0 Å². The molecule has 1 aromatic rings. The Kier molecular flexibility index (Phi) is 5.80. The highest BCUT2D eigenvalue weighted by Crippen LogP contribution is 2.30. The van der Waals surface area contributed by atoms with Crippen molar-refractivity contribution in [1.82, 2.24) is 5.32 Å². The summed E-state index contributed by atoms with van der Waals surface area (Å²) in [7, 11) is 0. The number of aromatic hydroxyl groups is 1. The van der Waals surface area contributed by atoms with E-state index in [1.807, 2.05) is 13.8 Å². The van der Waals surface area contributed by atoms with Crippen molar-refractivity contribution in [2.24, 2.45) is 5.92 Å². The van der Waals surface area contributed by atoms with Crippen molar-refractivity contribution in [2.45, 2.75) is 45.6 Å². The predicted octanol–water partition coefficient (Wildman–Crippen LogP) is 3.19. The number of amides is 1. The maximum atomic E-state index is 13.9. The van der Waals surface area contributed by atoms with Crippen LogP contribution in [-0.4, -0.2) is 30.1 Å². The third-order valence-electron chi connectivity index (χ3n) is 4.55. The molecule has 0 atom stereocenters. The van der Waals surface area contributed by atoms with Crippen LogP contribution in [0.4, 0.5) is 14.5 Å². The van der Waals surface area contributed by atoms with Gasteiger partial charge >= 0.3 is 0 Å². The highest BCUT2D eigenvalue weighted by Gasteiger charge is 2.27. The maximum Gasteiger partial charge on any atom is 0.223 e. The molecule has 1 fully saturated rings. The van der Waals surface area contributed by atoms with Crippen LogP contribution in [0.3, 0.4) is 0 Å². The topological polar surface area (TPSA) is 52.6 Å². The van der Waals surface area contributed by atoms with Gasteiger partial charge in [0.05, 0.1) is 5.69 Å². The molecular weight excluding hydrogens is 302 g/mol. The minimum absolute atomic E-state index is 0.0516. The number of phenols is 1. The van der Waals surface area contributed by atoms with Gasteiger partial charge in [0.15, 0.2) is 11.6 Å². The van der Waals surface area contributed by atoms with Gasteiger partial charge in [0.1, 0.15) is 5.82 Å². The highest BCUT2D eigenvalue weighted by molar-refractivity contribution is 5.79. The minimum Gasteiger partial charge on any atom is -0.505 e. The van der Waals surface area contributed by atoms with Crippen LogP contribution >= 0.6 is 0 Å². The summed E-state index contributed by atoms with van der Waals surface area (Å²) in [5.41, 5.74) is 0.138. The highest BCUT2D eigenvalue weighted by atomic mass is 19.1. The van der Waals surface area contributed by atoms with Crippen LogP contribution in [0, 0.1) is 17.6 Å². The Morgan fingerprint density at radius 2 is 1.87 bits per heavy atom. The van der Waals surface area contributed by atoms with Gasteiger partial charge in [-0.1, -0.05) is 13.8 Å². The van der Waals surface area contributed by atoms with Gasteiger partial charge < -0.3 is 15.3 Å². The molecule has 0 spiro atoms. The Hall–Kier alpha value is -1.85. The number of carbonyl (C=O) groups excluding carboxylic acids is 1. The molecule has 1 amide bonds. The average molecular weight is 326 g/mol. The smallest absolute Gasteiger partial charge is 0.223 e. The number of anilines is 1. The molecule has 1 aromatic carbocycles. The molecule has 0 radical (unpaired) electrons. The standard InChI is InChI=1S/C17H24F2N2O2/c1-3-12(4-2)20-17(23)11-5-7-21(8-6-11)15-9-14(19)16(22)10-13(15)18/h9-12,22H,3-8H2,1-2H3,(H,20,23). The van der Waals surface area contributed by atoms with Crippen molar-refractivity contribution in [3.05, 3.63) is 23.8 Å². The number of piperidine rings is 1. The van der Waals surface area contributed by atoms with Gasteiger partial charge in [-0.05, 0) is 25.7 Å². The molecular formula is C17H24F2N2O2. The van der Waals surface area contributed by atoms with Crippen LogP contribution in [0.5, 0.6) is 5.75 Å². The second-order valence-corrected chi connectivity index (χ2v) is 6.04. The Labute approximate surface area is 135 Å². The monoisotopic (exact) mass is 326 g/mol. The van der Waals surface area contributed by atoms with Crippen molar-refractivity contribution >= 4 is 11.6 Å². The van der Waals surface area contributed by atoms with Gasteiger partial charge in [-0.3, -0.25) is 4.79 Å². The van der Waals surface area contributed by atoms with E-state index >= 15 is 0 Å². The Bertz CT molecular complexity index is 554. The molecule has 0 aromatic heterocycles. The van der Waals surface area contributed by atoms with Crippen LogP contribution < -0.4 is 10.2 Å². The Balaban J connectivity index is 1.96. The quantitative estimate of drug-likeness (QED) is 0.874. The van der Waals surface area contributed by atoms with E-state index in [4.69, 9.17) is 0 Å². The van der Waals surface area contributed by atoms with Crippen molar-refractivity contribution in [1.29, 1.82) is 0 Å². The summed E-state index contributed by atoms with van der Waals surface area (Å²) in [6.07, 6.45) is 3.01. The van der Waals surface area contributed by atoms with Crippen LogP contribution in [0.2, 0.25) is 0 Å². The van der Waals surface area contributed by atoms with Crippen molar-refractivity contribution in [3.63, 3.8) is 0 Å². The van der Waals surface area contributed by atoms with Crippen LogP contribution in [0.1, 0.15) is 39.5 Å². The summed E-state index contributed by atoms with van der Waals surface area (Å²) in [4.78, 5) is 14.0. The van der Waals surface area contributed by atoms with E-state index in [-0.39, 0.29) is 23.6 Å². The van der Waals surface area contributed by atoms with E-state index in [1.165, 1.54) is 0 Å². The molecule has 0 bridgehead atoms. The van der Waals surface area contributed by atoms with E-state index in [0.717, 1.165) is 25.0 Å². The molecule has 23 heavy (non-hydrogen) atoms. The number of hydrogen-bond donors (Lipinski definition) is 2. The fourth-order valence-electron chi connectivity index (χ4n) is 2.96. The van der Waals surface area contributed by atoms with Gasteiger partial charge in [-0.25, -0.2) is 8.78 Å². The fourth-order valence-corrected chi connectivity index (χ4v) is 2.96. The lowest BCUT2D eigenvalue weighted by Gasteiger charge is -2.33. The number of hydrogen-bond acceptors (Lipinski definition) is 3. The fraction of sp³-hybridized carbons (Fsp3) is 0.588. The number of nitrogens with one attached hydrogen (secondary N) is 1. The molecule has 2 N–H and O–H groups in total. The number of phenolic OH excluding ortho intramolecular Hbond substituents is 1. The van der Waals surface area contributed by atoms with Crippen molar-refractivity contribution < 1.29 is 18.7 Å². The van der Waals surface area contributed by atoms with Crippen LogP contribution in [0.25, 0.3) is 0 Å². The SMILES string of the molecule is CCC(CC)NC(=O)C1CCN(c2cc(F)c(O)cc2F)CC1. The first-order valence-corrected chi connectivity index (χ1v) is 8.19. The molecule has 128 valence electrons. The summed E-state index contributed by atoms with van der Waals surface area (Å²) in [5.74, 6) is -2.21. The Morgan fingerprint density at radius 1 is 1.26 bits per heavy atom. The third kappa shape index (κ3) is 4.12. The minimum atomic E-state index is -0.838. The molecule has 1 aliphatic rings. The number of halogens is 2. The summed E-state index contributed by atoms with van der Waals surface area (Å²) >= 11 is 0. The zero-order valence-corrected chi connectivity index (χ0v) is 13.6. The molecule has 0 unspecified atom stereocenters. The van der Waals surface area contributed by atoms with Crippen molar-refractivity contribution in [3.8, 4) is 5.75 Å². The van der Waals surface area contributed by atoms with E-state index < -0.39 is 17.4 Å². The van der Waals surface area contributed by atoms with Gasteiger partial charge in [-0.2, -0.15) is 0 Å². The lowest BCUT2D eigenvalue weighted by atomic mass is 9.94. The van der Waals surface area contributed by atoms with Crippen LogP contribution in [-0.2, 0) is 4.79 Å². The lowest BCUT2D eigenvalue weighted by molar-refractivity contribution is -0.126. The number of nitrogens with zero attached hydrogens (tertiary/aromatic N) is 1. The van der Waals surface area contributed by atoms with Crippen LogP contribution in [0.15, 0.2) is 12.1 Å². The molecule has 1 aliphatic heterocycles. The van der Waals surface area contributed by atoms with E-state index in [0.29, 0.717) is 25.9 Å². The first-order chi connectivity index (χ1) is 11.0. The summed E-state index contributed by atoms with van der Waals surface area (Å²) in [6.45, 7) is 5.06. The van der Waals surface area contributed by atoms with Gasteiger partial charge in [0, 0.05) is 37.2 Å². The number of rotatable bonds is 5. The van der Waals surface area contributed by atoms with E-state index in [1.54, 1.807) is 4.90 Å². The second-order valence-electron chi connectivity index (χ2n) is 6.04. The normalized spacial score (nSPS) is 16.0. The molecule has 0 aliphatic carbocycles. The second kappa shape index (κ2) is 7.62. The molecule has 1 saturated heterocycles. The lowest BCUT2D eigenvalue weighted by Crippen LogP contribution is -2.43. The summed E-state index contributed by atoms with van der Waals surface area (Å²) < 4.78 is 27.3. The molecule has 4 nitrogen and oxygen atoms in total. The average Bonchev–Trinajstić information content (AvgIpc) is 2.56. The number of benzene rings is 1. The van der Waals surface area contributed by atoms with Gasteiger partial charge in [0.2, 0.25) is 5.91 Å². The summed E-state index contributed by atoms with van der Waals surface area (Å²) in [5, 5.41) is 12.2. The number of carbonyl (C=O) groups is 1. The largest absolute Gasteiger partial charge is 0.505 e. The van der Waals surface area contributed by atoms with Crippen molar-refractivity contribution in [2.75, 3.05) is 18.0 Å². The third-order valence-corrected chi connectivity index (χ3v) is 4.55. The summed E-state index contributed by atoms with van der Waals surface area (Å²) in [6, 6.07) is 2.00. The van der Waals surface area contributed by atoms with Gasteiger partial charge in [-0.15, -0.1) is 0 Å². The first kappa shape index (κ1) is 17.5. The first-order valence-electron chi connectivity index (χ1n) is 8.19. The Morgan fingerprint density at radius 3 is 2.43 bits per heavy atom. The van der Waals surface area contributed by atoms with E-state index in [2.05, 4.69) is 5.32 Å². The molecule has 0 saturated carbocycles. The predicted molar refractivity (Wildman–Crippen MR) is 85.5 cm³/mol. The zero-order chi connectivity index (χ0) is 17.0. The van der Waals surface area contributed by atoms with E-state index in [9.17, 15) is 18.7 Å². The molecule has 2 rings (SSSR count). The molecule has 1 heterocycles. The maximum absolute atomic E-state index is 13.9. The zero-order valence-electron chi connectivity index (χ0n) is 13.6. The molecule has 6 heteroatoms.